The number of hydrogen-bond acceptors (Lipinski definition) is 7. The van der Waals surface area contributed by atoms with E-state index in [9.17, 15) is 9.46 Å². The first-order valence-corrected chi connectivity index (χ1v) is 18.5. The van der Waals surface area contributed by atoms with E-state index < -0.39 is 13.9 Å². The number of aromatic nitrogens is 1. The Bertz CT molecular complexity index is 970. The van der Waals surface area contributed by atoms with Crippen molar-refractivity contribution in [2.24, 2.45) is 0 Å². The predicted molar refractivity (Wildman–Crippen MR) is 170 cm³/mol. The van der Waals surface area contributed by atoms with Gasteiger partial charge in [0.25, 0.3) is 0 Å². The molecule has 1 heterocycles. The Morgan fingerprint density at radius 3 is 1.88 bits per heavy atom. The molecule has 1 aromatic carbocycles. The molecule has 0 amide bonds. The Balaban J connectivity index is 1.44. The highest BCUT2D eigenvalue weighted by molar-refractivity contribution is 7.46. The summed E-state index contributed by atoms with van der Waals surface area (Å²) in [5.74, 6) is 0.220. The molecule has 1 aromatic heterocycles. The van der Waals surface area contributed by atoms with Crippen molar-refractivity contribution in [3.8, 4) is 5.75 Å². The van der Waals surface area contributed by atoms with Crippen LogP contribution in [-0.4, -0.2) is 33.0 Å². The Kier molecular flexibility index (Phi) is 20.3. The summed E-state index contributed by atoms with van der Waals surface area (Å²) in [5, 5.41) is 0. The van der Waals surface area contributed by atoms with Crippen molar-refractivity contribution in [3.05, 3.63) is 46.4 Å². The zero-order valence-corrected chi connectivity index (χ0v) is 28.1. The number of thiazole rings is 1. The molecule has 7 nitrogen and oxygen atoms in total. The lowest BCUT2D eigenvalue weighted by atomic mass is 10.0. The SMILES string of the molecule is CCCCCCCCCCCCCCCCCCOCC(COP(=O)([O-])Oc1ccc(C[n+]2csc(C)c2)cc1)OC. The molecular weight excluding hydrogens is 569 g/mol. The van der Waals surface area contributed by atoms with E-state index in [2.05, 4.69) is 30.1 Å². The number of hydrogen-bond donors (Lipinski definition) is 0. The second-order valence-electron chi connectivity index (χ2n) is 11.3. The van der Waals surface area contributed by atoms with Gasteiger partial charge in [-0.05, 0) is 37.6 Å². The Morgan fingerprint density at radius 2 is 1.38 bits per heavy atom. The number of rotatable bonds is 27. The third-order valence-electron chi connectivity index (χ3n) is 7.43. The highest BCUT2D eigenvalue weighted by Crippen LogP contribution is 2.39. The maximum atomic E-state index is 12.3. The molecule has 42 heavy (non-hydrogen) atoms. The number of ether oxygens (including phenoxy) is 2. The number of aryl methyl sites for hydroxylation is 1. The van der Waals surface area contributed by atoms with E-state index >= 15 is 0 Å². The van der Waals surface area contributed by atoms with Crippen molar-refractivity contribution in [1.82, 2.24) is 0 Å². The van der Waals surface area contributed by atoms with Crippen molar-refractivity contribution < 1.29 is 32.5 Å². The number of phosphoric acid groups is 1. The Labute approximate surface area is 259 Å². The monoisotopic (exact) mass is 625 g/mol. The molecule has 0 aliphatic heterocycles. The molecule has 0 aliphatic carbocycles. The van der Waals surface area contributed by atoms with E-state index in [0.717, 1.165) is 18.4 Å². The van der Waals surface area contributed by atoms with Crippen molar-refractivity contribution in [2.75, 3.05) is 26.9 Å². The van der Waals surface area contributed by atoms with Crippen LogP contribution in [0.5, 0.6) is 5.75 Å². The fourth-order valence-corrected chi connectivity index (χ4v) is 6.29. The number of unbranched alkanes of at least 4 members (excludes halogenated alkanes) is 15. The van der Waals surface area contributed by atoms with Gasteiger partial charge in [0.05, 0.1) is 18.1 Å². The van der Waals surface area contributed by atoms with E-state index in [-0.39, 0.29) is 19.0 Å². The van der Waals surface area contributed by atoms with Gasteiger partial charge in [-0.1, -0.05) is 115 Å². The van der Waals surface area contributed by atoms with E-state index in [4.69, 9.17) is 18.5 Å². The average molecular weight is 626 g/mol. The topological polar surface area (TPSA) is 80.9 Å². The van der Waals surface area contributed by atoms with E-state index in [0.29, 0.717) is 13.2 Å². The molecule has 2 rings (SSSR count). The van der Waals surface area contributed by atoms with Gasteiger partial charge in [0.2, 0.25) is 5.51 Å². The Morgan fingerprint density at radius 1 is 0.833 bits per heavy atom. The summed E-state index contributed by atoms with van der Waals surface area (Å²) < 4.78 is 35.7. The van der Waals surface area contributed by atoms with Gasteiger partial charge in [-0.15, -0.1) is 0 Å². The van der Waals surface area contributed by atoms with Gasteiger partial charge in [-0.2, -0.15) is 4.57 Å². The maximum Gasteiger partial charge on any atom is 0.319 e. The van der Waals surface area contributed by atoms with Crippen molar-refractivity contribution in [1.29, 1.82) is 0 Å². The molecule has 240 valence electrons. The predicted octanol–water partition coefficient (Wildman–Crippen LogP) is 8.55. The largest absolute Gasteiger partial charge is 0.746 e. The van der Waals surface area contributed by atoms with Crippen LogP contribution in [0.2, 0.25) is 0 Å². The summed E-state index contributed by atoms with van der Waals surface area (Å²) in [6.45, 7) is 5.82. The van der Waals surface area contributed by atoms with Crippen LogP contribution in [0.25, 0.3) is 0 Å². The summed E-state index contributed by atoms with van der Waals surface area (Å²) in [5.41, 5.74) is 3.10. The highest BCUT2D eigenvalue weighted by Gasteiger charge is 2.17. The molecule has 9 heteroatoms. The minimum atomic E-state index is -4.53. The average Bonchev–Trinajstić information content (AvgIpc) is 3.39. The zero-order chi connectivity index (χ0) is 30.3. The maximum absolute atomic E-state index is 12.3. The van der Waals surface area contributed by atoms with Gasteiger partial charge >= 0.3 is 7.82 Å². The fraction of sp³-hybridized carbons (Fsp3) is 0.727. The number of benzene rings is 1. The standard InChI is InChI=1S/C33H56NO6PS/c1-4-5-6-7-8-9-10-11-12-13-14-15-16-17-18-19-24-38-27-33(37-3)28-39-41(35,36)40-32-22-20-31(21-23-32)26-34-25-30(2)42-29-34/h20-23,25,29,33H,4-19,24,26-28H2,1-3H3. The summed E-state index contributed by atoms with van der Waals surface area (Å²) in [7, 11) is -3.01. The third kappa shape index (κ3) is 18.4. The van der Waals surface area contributed by atoms with Crippen LogP contribution in [0.4, 0.5) is 0 Å². The van der Waals surface area contributed by atoms with E-state index in [1.54, 1.807) is 23.5 Å². The molecule has 0 saturated heterocycles. The van der Waals surface area contributed by atoms with Gasteiger partial charge in [0, 0.05) is 19.3 Å². The number of nitrogens with zero attached hydrogens (tertiary/aromatic N) is 1. The van der Waals surface area contributed by atoms with Gasteiger partial charge in [-0.25, -0.2) is 0 Å². The van der Waals surface area contributed by atoms with Crippen LogP contribution in [0.1, 0.15) is 120 Å². The smallest absolute Gasteiger partial charge is 0.319 e. The molecular formula is C33H56NO6PS. The lowest BCUT2D eigenvalue weighted by Crippen LogP contribution is -2.30. The van der Waals surface area contributed by atoms with Gasteiger partial charge in [0.1, 0.15) is 11.9 Å². The molecule has 0 bridgehead atoms. The van der Waals surface area contributed by atoms with Gasteiger partial charge < -0.3 is 23.4 Å². The summed E-state index contributed by atoms with van der Waals surface area (Å²) in [4.78, 5) is 13.6. The zero-order valence-electron chi connectivity index (χ0n) is 26.4. The normalized spacial score (nSPS) is 13.7. The van der Waals surface area contributed by atoms with Crippen LogP contribution in [0.3, 0.4) is 0 Å². The van der Waals surface area contributed by atoms with Crippen LogP contribution in [0.15, 0.2) is 36.0 Å². The van der Waals surface area contributed by atoms with Crippen LogP contribution < -0.4 is 14.0 Å². The van der Waals surface area contributed by atoms with E-state index in [1.165, 1.54) is 102 Å². The molecule has 0 fully saturated rings. The van der Waals surface area contributed by atoms with Crippen molar-refractivity contribution in [2.45, 2.75) is 129 Å². The summed E-state index contributed by atoms with van der Waals surface area (Å²) in [6.07, 6.45) is 23.0. The first-order valence-electron chi connectivity index (χ1n) is 16.2. The van der Waals surface area contributed by atoms with Crippen LogP contribution in [-0.2, 0) is 25.1 Å². The lowest BCUT2D eigenvalue weighted by Gasteiger charge is -2.25. The van der Waals surface area contributed by atoms with Crippen LogP contribution >= 0.6 is 19.2 Å². The third-order valence-corrected chi connectivity index (χ3v) is 9.18. The van der Waals surface area contributed by atoms with Crippen LogP contribution in [0, 0.1) is 6.92 Å². The highest BCUT2D eigenvalue weighted by atomic mass is 32.1. The molecule has 2 aromatic rings. The molecule has 0 spiro atoms. The number of phosphoric ester groups is 1. The molecule has 0 saturated carbocycles. The van der Waals surface area contributed by atoms with Gasteiger partial charge in [-0.3, -0.25) is 4.57 Å². The molecule has 0 aliphatic rings. The summed E-state index contributed by atoms with van der Waals surface area (Å²) in [6, 6.07) is 6.97. The molecule has 0 radical (unpaired) electrons. The molecule has 0 N–H and O–H groups in total. The molecule has 2 atom stereocenters. The molecule has 2 unspecified atom stereocenters. The lowest BCUT2D eigenvalue weighted by molar-refractivity contribution is -0.683. The number of methoxy groups -OCH3 is 1. The van der Waals surface area contributed by atoms with Crippen molar-refractivity contribution in [3.63, 3.8) is 0 Å². The first-order chi connectivity index (χ1) is 20.4. The summed E-state index contributed by atoms with van der Waals surface area (Å²) >= 11 is 1.68. The first kappa shape index (κ1) is 36.9. The quantitative estimate of drug-likeness (QED) is 0.0562. The minimum absolute atomic E-state index is 0.150. The fourth-order valence-electron chi connectivity index (χ4n) is 4.88. The Hall–Kier alpha value is -1.28. The van der Waals surface area contributed by atoms with E-state index in [1.807, 2.05) is 12.1 Å². The van der Waals surface area contributed by atoms with Crippen molar-refractivity contribution >= 4 is 19.2 Å². The second-order valence-corrected chi connectivity index (χ2v) is 13.8. The van der Waals surface area contributed by atoms with Gasteiger partial charge in [0.15, 0.2) is 12.7 Å². The second kappa shape index (κ2) is 23.1. The minimum Gasteiger partial charge on any atom is -0.746 e.